The van der Waals surface area contributed by atoms with E-state index in [1.54, 1.807) is 6.07 Å². The molecule has 1 aliphatic carbocycles. The van der Waals surface area contributed by atoms with Gasteiger partial charge in [-0.25, -0.2) is 4.39 Å². The predicted molar refractivity (Wildman–Crippen MR) is 61.6 cm³/mol. The fourth-order valence-electron chi connectivity index (χ4n) is 1.78. The summed E-state index contributed by atoms with van der Waals surface area (Å²) < 4.78 is 13.1. The summed E-state index contributed by atoms with van der Waals surface area (Å²) in [6, 6.07) is 6.29. The Kier molecular flexibility index (Phi) is 3.72. The second-order valence-electron chi connectivity index (χ2n) is 4.46. The molecule has 0 saturated heterocycles. The quantitative estimate of drug-likeness (QED) is 0.812. The smallest absolute Gasteiger partial charge is 0.140 e. The number of aliphatic hydroxyl groups excluding tert-OH is 1. The van der Waals surface area contributed by atoms with Crippen LogP contribution in [-0.2, 0) is 6.54 Å². The largest absolute Gasteiger partial charge is 0.392 e. The van der Waals surface area contributed by atoms with Gasteiger partial charge in [-0.2, -0.15) is 5.26 Å². The zero-order valence-corrected chi connectivity index (χ0v) is 9.49. The van der Waals surface area contributed by atoms with E-state index < -0.39 is 5.82 Å². The number of halogens is 1. The number of nitrogens with one attached hydrogen (secondary N) is 1. The third kappa shape index (κ3) is 3.26. The number of aliphatic hydroxyl groups is 1. The summed E-state index contributed by atoms with van der Waals surface area (Å²) in [5.74, 6) is -0.0420. The highest BCUT2D eigenvalue weighted by atomic mass is 19.1. The molecule has 0 amide bonds. The molecule has 4 heteroatoms. The van der Waals surface area contributed by atoms with Crippen molar-refractivity contribution in [1.29, 1.82) is 5.26 Å². The van der Waals surface area contributed by atoms with Crippen LogP contribution in [0, 0.1) is 23.1 Å². The van der Waals surface area contributed by atoms with Crippen molar-refractivity contribution in [3.8, 4) is 6.07 Å². The molecule has 0 bridgehead atoms. The Hall–Kier alpha value is -1.44. The van der Waals surface area contributed by atoms with E-state index in [9.17, 15) is 9.50 Å². The Morgan fingerprint density at radius 1 is 1.53 bits per heavy atom. The molecule has 2 rings (SSSR count). The Labute approximate surface area is 99.9 Å². The van der Waals surface area contributed by atoms with Crippen LogP contribution in [0.4, 0.5) is 4.39 Å². The summed E-state index contributed by atoms with van der Waals surface area (Å²) in [7, 11) is 0. The number of nitriles is 1. The summed E-state index contributed by atoms with van der Waals surface area (Å²) >= 11 is 0. The minimum absolute atomic E-state index is 0.0621. The molecule has 0 spiro atoms. The Bertz CT molecular complexity index is 438. The highest BCUT2D eigenvalue weighted by molar-refractivity contribution is 5.34. The Morgan fingerprint density at radius 2 is 2.29 bits per heavy atom. The van der Waals surface area contributed by atoms with E-state index in [4.69, 9.17) is 5.26 Å². The van der Waals surface area contributed by atoms with E-state index in [-0.39, 0.29) is 11.7 Å². The average Bonchev–Trinajstić information content (AvgIpc) is 3.15. The van der Waals surface area contributed by atoms with Crippen LogP contribution in [0.1, 0.15) is 24.0 Å². The van der Waals surface area contributed by atoms with Gasteiger partial charge in [0.05, 0.1) is 11.7 Å². The predicted octanol–water partition coefficient (Wildman–Crippen LogP) is 1.56. The SMILES string of the molecule is N#Cc1cc(CNCC(O)C2CC2)ccc1F. The van der Waals surface area contributed by atoms with Crippen molar-refractivity contribution in [1.82, 2.24) is 5.32 Å². The Morgan fingerprint density at radius 3 is 2.94 bits per heavy atom. The fourth-order valence-corrected chi connectivity index (χ4v) is 1.78. The maximum atomic E-state index is 13.1. The molecule has 0 aliphatic heterocycles. The third-order valence-electron chi connectivity index (χ3n) is 3.00. The monoisotopic (exact) mass is 234 g/mol. The molecule has 1 atom stereocenters. The molecule has 1 unspecified atom stereocenters. The van der Waals surface area contributed by atoms with Crippen LogP contribution in [-0.4, -0.2) is 17.8 Å². The molecule has 1 aromatic rings. The molecule has 0 radical (unpaired) electrons. The molecule has 0 heterocycles. The first-order valence-corrected chi connectivity index (χ1v) is 5.78. The first-order chi connectivity index (χ1) is 8.20. The molecule has 1 aromatic carbocycles. The normalized spacial score (nSPS) is 16.5. The maximum Gasteiger partial charge on any atom is 0.140 e. The van der Waals surface area contributed by atoms with E-state index in [0.717, 1.165) is 18.4 Å². The summed E-state index contributed by atoms with van der Waals surface area (Å²) in [4.78, 5) is 0. The first-order valence-electron chi connectivity index (χ1n) is 5.78. The van der Waals surface area contributed by atoms with Gasteiger partial charge < -0.3 is 10.4 Å². The summed E-state index contributed by atoms with van der Waals surface area (Å²) in [6.45, 7) is 1.09. The molecular weight excluding hydrogens is 219 g/mol. The molecule has 90 valence electrons. The van der Waals surface area contributed by atoms with E-state index in [1.165, 1.54) is 12.1 Å². The second kappa shape index (κ2) is 5.26. The molecule has 1 fully saturated rings. The van der Waals surface area contributed by atoms with Gasteiger partial charge in [0.15, 0.2) is 0 Å². The summed E-state index contributed by atoms with van der Waals surface area (Å²) in [5, 5.41) is 21.4. The fraction of sp³-hybridized carbons (Fsp3) is 0.462. The van der Waals surface area contributed by atoms with Crippen molar-refractivity contribution in [3.05, 3.63) is 35.1 Å². The molecule has 17 heavy (non-hydrogen) atoms. The van der Waals surface area contributed by atoms with Gasteiger partial charge in [-0.3, -0.25) is 0 Å². The van der Waals surface area contributed by atoms with E-state index >= 15 is 0 Å². The topological polar surface area (TPSA) is 56.0 Å². The lowest BCUT2D eigenvalue weighted by atomic mass is 10.1. The number of benzene rings is 1. The lowest BCUT2D eigenvalue weighted by molar-refractivity contribution is 0.148. The van der Waals surface area contributed by atoms with Crippen LogP contribution >= 0.6 is 0 Å². The lowest BCUT2D eigenvalue weighted by Gasteiger charge is -2.10. The lowest BCUT2D eigenvalue weighted by Crippen LogP contribution is -2.27. The van der Waals surface area contributed by atoms with Gasteiger partial charge >= 0.3 is 0 Å². The van der Waals surface area contributed by atoms with Crippen LogP contribution in [0.15, 0.2) is 18.2 Å². The summed E-state index contributed by atoms with van der Waals surface area (Å²) in [6.07, 6.45) is 1.93. The van der Waals surface area contributed by atoms with Crippen molar-refractivity contribution in [3.63, 3.8) is 0 Å². The average molecular weight is 234 g/mol. The minimum atomic E-state index is -0.491. The zero-order chi connectivity index (χ0) is 12.3. The molecule has 3 nitrogen and oxygen atoms in total. The van der Waals surface area contributed by atoms with Crippen molar-refractivity contribution in [2.45, 2.75) is 25.5 Å². The Balaban J connectivity index is 1.84. The van der Waals surface area contributed by atoms with Crippen LogP contribution in [0.3, 0.4) is 0 Å². The molecule has 1 saturated carbocycles. The molecule has 1 aliphatic rings. The second-order valence-corrected chi connectivity index (χ2v) is 4.46. The minimum Gasteiger partial charge on any atom is -0.392 e. The van der Waals surface area contributed by atoms with Gasteiger partial charge in [0.1, 0.15) is 11.9 Å². The molecule has 0 aromatic heterocycles. The first kappa shape index (κ1) is 12.0. The van der Waals surface area contributed by atoms with E-state index in [0.29, 0.717) is 19.0 Å². The van der Waals surface area contributed by atoms with Gasteiger partial charge in [0.25, 0.3) is 0 Å². The zero-order valence-electron chi connectivity index (χ0n) is 9.49. The van der Waals surface area contributed by atoms with E-state index in [1.807, 2.05) is 6.07 Å². The highest BCUT2D eigenvalue weighted by Crippen LogP contribution is 2.32. The maximum absolute atomic E-state index is 13.1. The number of nitrogens with zero attached hydrogens (tertiary/aromatic N) is 1. The van der Waals surface area contributed by atoms with Gasteiger partial charge in [-0.05, 0) is 36.5 Å². The van der Waals surface area contributed by atoms with Gasteiger partial charge in [0, 0.05) is 13.1 Å². The molecule has 2 N–H and O–H groups in total. The number of hydrogen-bond acceptors (Lipinski definition) is 3. The van der Waals surface area contributed by atoms with Gasteiger partial charge in [0.2, 0.25) is 0 Å². The number of rotatable bonds is 5. The van der Waals surface area contributed by atoms with Crippen LogP contribution < -0.4 is 5.32 Å². The van der Waals surface area contributed by atoms with Gasteiger partial charge in [-0.1, -0.05) is 6.07 Å². The molecular formula is C13H15FN2O. The van der Waals surface area contributed by atoms with Crippen molar-refractivity contribution in [2.24, 2.45) is 5.92 Å². The highest BCUT2D eigenvalue weighted by Gasteiger charge is 2.28. The standard InChI is InChI=1S/C13H15FN2O/c14-12-4-1-9(5-11(12)6-15)7-16-8-13(17)10-2-3-10/h1,4-5,10,13,16-17H,2-3,7-8H2. The third-order valence-corrected chi connectivity index (χ3v) is 3.00. The van der Waals surface area contributed by atoms with Gasteiger partial charge in [-0.15, -0.1) is 0 Å². The number of hydrogen-bond donors (Lipinski definition) is 2. The van der Waals surface area contributed by atoms with E-state index in [2.05, 4.69) is 5.32 Å². The van der Waals surface area contributed by atoms with Crippen LogP contribution in [0.2, 0.25) is 0 Å². The van der Waals surface area contributed by atoms with Crippen molar-refractivity contribution >= 4 is 0 Å². The van der Waals surface area contributed by atoms with Crippen LogP contribution in [0.5, 0.6) is 0 Å². The van der Waals surface area contributed by atoms with Crippen molar-refractivity contribution in [2.75, 3.05) is 6.54 Å². The van der Waals surface area contributed by atoms with Crippen LogP contribution in [0.25, 0.3) is 0 Å². The summed E-state index contributed by atoms with van der Waals surface area (Å²) in [5.41, 5.74) is 0.915. The van der Waals surface area contributed by atoms with Crippen molar-refractivity contribution < 1.29 is 9.50 Å².